The Morgan fingerprint density at radius 3 is 2.48 bits per heavy atom. The van der Waals surface area contributed by atoms with Gasteiger partial charge in [0.15, 0.2) is 0 Å². The first kappa shape index (κ1) is 16.1. The van der Waals surface area contributed by atoms with Gasteiger partial charge in [0.2, 0.25) is 0 Å². The lowest BCUT2D eigenvalue weighted by Crippen LogP contribution is -2.66. The number of hydrogen-bond donors (Lipinski definition) is 2. The van der Waals surface area contributed by atoms with E-state index in [1.54, 1.807) is 0 Å². The lowest BCUT2D eigenvalue weighted by molar-refractivity contribution is -0.239. The average molecular weight is 320 g/mol. The predicted octanol–water partition coefficient (Wildman–Crippen LogP) is 3.32. The molecule has 0 heterocycles. The topological polar surface area (TPSA) is 57.5 Å². The van der Waals surface area contributed by atoms with Gasteiger partial charge >= 0.3 is 0 Å². The fourth-order valence-corrected chi connectivity index (χ4v) is 7.30. The molecule has 0 aromatic carbocycles. The first-order valence-electron chi connectivity index (χ1n) is 9.65. The van der Waals surface area contributed by atoms with Crippen molar-refractivity contribution < 1.29 is 15.0 Å². The molecule has 0 aromatic rings. The van der Waals surface area contributed by atoms with E-state index < -0.39 is 5.60 Å². The SMILES string of the molecule is C[C@@H]1C[C@@]2(C)[C@@H](CC[C@H]3[C@@H]4CC[C@H](O)[C@@]4(C)CC[C@@]32O)CC1=O. The third-order valence-electron chi connectivity index (χ3n) is 8.95. The van der Waals surface area contributed by atoms with Gasteiger partial charge in [-0.2, -0.15) is 0 Å². The zero-order valence-corrected chi connectivity index (χ0v) is 14.8. The summed E-state index contributed by atoms with van der Waals surface area (Å²) in [5.74, 6) is 1.58. The molecule has 130 valence electrons. The number of ketones is 1. The molecule has 2 N–H and O–H groups in total. The lowest BCUT2D eigenvalue weighted by Gasteiger charge is -2.65. The number of aliphatic hydroxyl groups is 2. The Labute approximate surface area is 139 Å². The van der Waals surface area contributed by atoms with Gasteiger partial charge in [-0.25, -0.2) is 0 Å². The normalized spacial score (nSPS) is 59.2. The Hall–Kier alpha value is -0.410. The highest BCUT2D eigenvalue weighted by Crippen LogP contribution is 2.67. The molecule has 4 saturated carbocycles. The minimum atomic E-state index is -0.640. The Morgan fingerprint density at radius 2 is 1.74 bits per heavy atom. The second kappa shape index (κ2) is 4.82. The molecule has 0 aromatic heterocycles. The van der Waals surface area contributed by atoms with E-state index in [0.717, 1.165) is 44.9 Å². The van der Waals surface area contributed by atoms with E-state index in [4.69, 9.17) is 0 Å². The molecule has 0 spiro atoms. The number of carbonyl (C=O) groups excluding carboxylic acids is 1. The van der Waals surface area contributed by atoms with E-state index in [9.17, 15) is 15.0 Å². The minimum absolute atomic E-state index is 0.00377. The van der Waals surface area contributed by atoms with Crippen LogP contribution >= 0.6 is 0 Å². The molecule has 3 nitrogen and oxygen atoms in total. The van der Waals surface area contributed by atoms with Crippen molar-refractivity contribution in [3.05, 3.63) is 0 Å². The molecule has 8 atom stereocenters. The number of hydrogen-bond acceptors (Lipinski definition) is 3. The quantitative estimate of drug-likeness (QED) is 0.720. The van der Waals surface area contributed by atoms with Gasteiger partial charge in [0, 0.05) is 17.8 Å². The standard InChI is InChI=1S/C20H32O3/c1-12-11-19(3)13(10-16(12)21)4-5-15-14-6-7-17(22)18(14,2)8-9-20(15,19)23/h12-15,17,22-23H,4-11H2,1-3H3/t12-,13+,14+,15+,17+,18+,19+,20-/m1/s1. The molecule has 0 amide bonds. The maximum Gasteiger partial charge on any atom is 0.136 e. The monoisotopic (exact) mass is 320 g/mol. The third-order valence-corrected chi connectivity index (χ3v) is 8.95. The Bertz CT molecular complexity index is 531. The summed E-state index contributed by atoms with van der Waals surface area (Å²) < 4.78 is 0. The van der Waals surface area contributed by atoms with E-state index >= 15 is 0 Å². The lowest BCUT2D eigenvalue weighted by atomic mass is 9.42. The minimum Gasteiger partial charge on any atom is -0.393 e. The maximum absolute atomic E-state index is 12.2. The summed E-state index contributed by atoms with van der Waals surface area (Å²) in [6.45, 7) is 6.56. The molecular formula is C20H32O3. The molecular weight excluding hydrogens is 288 g/mol. The highest BCUT2D eigenvalue weighted by molar-refractivity contribution is 5.82. The summed E-state index contributed by atoms with van der Waals surface area (Å²) in [6, 6.07) is 0. The van der Waals surface area contributed by atoms with Crippen molar-refractivity contribution in [2.24, 2.45) is 34.5 Å². The molecule has 0 bridgehead atoms. The van der Waals surface area contributed by atoms with E-state index in [0.29, 0.717) is 30.0 Å². The summed E-state index contributed by atoms with van der Waals surface area (Å²) in [7, 11) is 0. The van der Waals surface area contributed by atoms with Crippen molar-refractivity contribution in [3.8, 4) is 0 Å². The van der Waals surface area contributed by atoms with Crippen LogP contribution in [0.5, 0.6) is 0 Å². The molecule has 0 saturated heterocycles. The first-order chi connectivity index (χ1) is 10.7. The molecule has 0 unspecified atom stereocenters. The average Bonchev–Trinajstić information content (AvgIpc) is 2.79. The molecule has 4 fully saturated rings. The Morgan fingerprint density at radius 1 is 1.04 bits per heavy atom. The van der Waals surface area contributed by atoms with Gasteiger partial charge in [-0.1, -0.05) is 20.8 Å². The van der Waals surface area contributed by atoms with Crippen molar-refractivity contribution in [2.45, 2.75) is 83.8 Å². The van der Waals surface area contributed by atoms with Gasteiger partial charge < -0.3 is 10.2 Å². The van der Waals surface area contributed by atoms with Crippen LogP contribution < -0.4 is 0 Å². The van der Waals surface area contributed by atoms with Crippen LogP contribution in [-0.2, 0) is 4.79 Å². The molecule has 23 heavy (non-hydrogen) atoms. The summed E-state index contributed by atoms with van der Waals surface area (Å²) in [5, 5.41) is 22.4. The number of carbonyl (C=O) groups is 1. The number of rotatable bonds is 0. The van der Waals surface area contributed by atoms with Crippen LogP contribution in [0.15, 0.2) is 0 Å². The third kappa shape index (κ3) is 1.87. The molecule has 4 rings (SSSR count). The Kier molecular flexibility index (Phi) is 3.37. The summed E-state index contributed by atoms with van der Waals surface area (Å²) in [6.07, 6.45) is 7.09. The fourth-order valence-electron chi connectivity index (χ4n) is 7.30. The first-order valence-corrected chi connectivity index (χ1v) is 9.65. The van der Waals surface area contributed by atoms with Gasteiger partial charge in [-0.05, 0) is 68.1 Å². The second-order valence-corrected chi connectivity index (χ2v) is 9.70. The van der Waals surface area contributed by atoms with E-state index in [1.165, 1.54) is 0 Å². The summed E-state index contributed by atoms with van der Waals surface area (Å²) >= 11 is 0. The number of fused-ring (bicyclic) bond motifs is 5. The zero-order chi connectivity index (χ0) is 16.6. The van der Waals surface area contributed by atoms with Crippen molar-refractivity contribution in [3.63, 3.8) is 0 Å². The predicted molar refractivity (Wildman–Crippen MR) is 88.7 cm³/mol. The Balaban J connectivity index is 1.72. The van der Waals surface area contributed by atoms with Crippen LogP contribution in [0, 0.1) is 34.5 Å². The fraction of sp³-hybridized carbons (Fsp3) is 0.950. The maximum atomic E-state index is 12.2. The van der Waals surface area contributed by atoms with Crippen molar-refractivity contribution in [2.75, 3.05) is 0 Å². The largest absolute Gasteiger partial charge is 0.393 e. The van der Waals surface area contributed by atoms with Gasteiger partial charge in [-0.15, -0.1) is 0 Å². The van der Waals surface area contributed by atoms with Gasteiger partial charge in [-0.3, -0.25) is 4.79 Å². The number of aliphatic hydroxyl groups excluding tert-OH is 1. The molecule has 0 aliphatic heterocycles. The van der Waals surface area contributed by atoms with Gasteiger partial charge in [0.1, 0.15) is 5.78 Å². The molecule has 3 heteroatoms. The van der Waals surface area contributed by atoms with Gasteiger partial charge in [0.05, 0.1) is 11.7 Å². The molecule has 4 aliphatic rings. The highest BCUT2D eigenvalue weighted by Gasteiger charge is 2.67. The summed E-state index contributed by atoms with van der Waals surface area (Å²) in [4.78, 5) is 12.2. The van der Waals surface area contributed by atoms with E-state index in [2.05, 4.69) is 13.8 Å². The van der Waals surface area contributed by atoms with Crippen LogP contribution in [0.25, 0.3) is 0 Å². The van der Waals surface area contributed by atoms with Crippen LogP contribution in [0.1, 0.15) is 72.1 Å². The van der Waals surface area contributed by atoms with Crippen molar-refractivity contribution in [1.82, 2.24) is 0 Å². The smallest absolute Gasteiger partial charge is 0.136 e. The zero-order valence-electron chi connectivity index (χ0n) is 14.8. The van der Waals surface area contributed by atoms with Crippen LogP contribution in [0.3, 0.4) is 0 Å². The van der Waals surface area contributed by atoms with Crippen LogP contribution in [0.2, 0.25) is 0 Å². The van der Waals surface area contributed by atoms with Gasteiger partial charge in [0.25, 0.3) is 0 Å². The highest BCUT2D eigenvalue weighted by atomic mass is 16.3. The molecule has 0 radical (unpaired) electrons. The van der Waals surface area contributed by atoms with E-state index in [-0.39, 0.29) is 22.9 Å². The van der Waals surface area contributed by atoms with Crippen molar-refractivity contribution >= 4 is 5.78 Å². The van der Waals surface area contributed by atoms with Crippen molar-refractivity contribution in [1.29, 1.82) is 0 Å². The molecule has 4 aliphatic carbocycles. The number of Topliss-reactive ketones (excluding diaryl/α,β-unsaturated/α-hetero) is 1. The van der Waals surface area contributed by atoms with E-state index in [1.807, 2.05) is 6.92 Å². The summed E-state index contributed by atoms with van der Waals surface area (Å²) in [5.41, 5.74) is -0.770. The second-order valence-electron chi connectivity index (χ2n) is 9.70. The van der Waals surface area contributed by atoms with Crippen LogP contribution in [0.4, 0.5) is 0 Å². The van der Waals surface area contributed by atoms with Crippen LogP contribution in [-0.4, -0.2) is 27.7 Å².